The van der Waals surface area contributed by atoms with Gasteiger partial charge in [0.05, 0.1) is 3.79 Å². The molecule has 0 fully saturated rings. The Bertz CT molecular complexity index is 493. The molecule has 0 saturated heterocycles. The van der Waals surface area contributed by atoms with Crippen LogP contribution >= 0.6 is 54.8 Å². The van der Waals surface area contributed by atoms with Gasteiger partial charge in [0.1, 0.15) is 0 Å². The summed E-state index contributed by atoms with van der Waals surface area (Å²) in [6.45, 7) is 0. The zero-order chi connectivity index (χ0) is 13.0. The quantitative estimate of drug-likeness (QED) is 0.536. The minimum atomic E-state index is 0.622. The van der Waals surface area contributed by atoms with Gasteiger partial charge in [0.2, 0.25) is 0 Å². The maximum absolute atomic E-state index is 5.90. The second-order valence-corrected chi connectivity index (χ2v) is 7.89. The Balaban J connectivity index is 1.99. The van der Waals surface area contributed by atoms with Crippen molar-refractivity contribution < 1.29 is 0 Å². The smallest absolute Gasteiger partial charge is 0.0701 e. The molecule has 2 aromatic rings. The zero-order valence-corrected chi connectivity index (χ0v) is 14.4. The Morgan fingerprint density at radius 1 is 1.06 bits per heavy atom. The lowest BCUT2D eigenvalue weighted by molar-refractivity contribution is 0.596. The first-order valence-corrected chi connectivity index (χ1v) is 8.83. The van der Waals surface area contributed by atoms with Crippen molar-refractivity contribution in [1.82, 2.24) is 0 Å². The Hall–Kier alpha value is 0.170. The molecule has 1 heterocycles. The molecule has 1 atom stereocenters. The molecule has 0 spiro atoms. The van der Waals surface area contributed by atoms with E-state index in [-0.39, 0.29) is 0 Å². The van der Waals surface area contributed by atoms with Gasteiger partial charge >= 0.3 is 0 Å². The van der Waals surface area contributed by atoms with Crippen LogP contribution in [0.2, 0.25) is 5.02 Å². The summed E-state index contributed by atoms with van der Waals surface area (Å²) in [5, 5.41) is 1.82. The fourth-order valence-electron chi connectivity index (χ4n) is 1.88. The van der Waals surface area contributed by atoms with E-state index in [1.807, 2.05) is 23.5 Å². The normalized spacial score (nSPS) is 12.6. The lowest BCUT2D eigenvalue weighted by atomic mass is 9.97. The van der Waals surface area contributed by atoms with E-state index in [1.165, 1.54) is 14.2 Å². The average molecular weight is 409 g/mol. The first-order chi connectivity index (χ1) is 8.67. The van der Waals surface area contributed by atoms with Crippen LogP contribution in [0.4, 0.5) is 0 Å². The molecule has 2 rings (SSSR count). The zero-order valence-electron chi connectivity index (χ0n) is 9.70. The van der Waals surface area contributed by atoms with Gasteiger partial charge in [-0.3, -0.25) is 0 Å². The van der Waals surface area contributed by atoms with Gasteiger partial charge in [-0.1, -0.05) is 39.7 Å². The van der Waals surface area contributed by atoms with Crippen LogP contribution in [0.25, 0.3) is 0 Å². The van der Waals surface area contributed by atoms with Crippen molar-refractivity contribution in [1.29, 1.82) is 0 Å². The number of thiophene rings is 1. The maximum atomic E-state index is 5.90. The first kappa shape index (κ1) is 14.6. The second kappa shape index (κ2) is 7.09. The average Bonchev–Trinajstić information content (AvgIpc) is 2.77. The van der Waals surface area contributed by atoms with E-state index in [0.29, 0.717) is 5.92 Å². The molecule has 96 valence electrons. The van der Waals surface area contributed by atoms with Crippen LogP contribution in [-0.2, 0) is 12.8 Å². The predicted molar refractivity (Wildman–Crippen MR) is 88.2 cm³/mol. The highest BCUT2D eigenvalue weighted by Gasteiger charge is 2.11. The molecule has 1 aromatic carbocycles. The van der Waals surface area contributed by atoms with E-state index in [4.69, 9.17) is 11.6 Å². The van der Waals surface area contributed by atoms with Crippen LogP contribution in [0.15, 0.2) is 40.2 Å². The van der Waals surface area contributed by atoms with E-state index in [2.05, 4.69) is 56.1 Å². The van der Waals surface area contributed by atoms with Crippen molar-refractivity contribution in [2.45, 2.75) is 12.8 Å². The molecule has 0 amide bonds. The molecule has 0 N–H and O–H groups in total. The summed E-state index contributed by atoms with van der Waals surface area (Å²) in [5.41, 5.74) is 1.35. The highest BCUT2D eigenvalue weighted by molar-refractivity contribution is 9.11. The van der Waals surface area contributed by atoms with Gasteiger partial charge in [-0.05, 0) is 64.5 Å². The summed E-state index contributed by atoms with van der Waals surface area (Å²) in [5.74, 6) is 0.622. The molecule has 0 aliphatic rings. The summed E-state index contributed by atoms with van der Waals surface area (Å²) in [4.78, 5) is 1.43. The summed E-state index contributed by atoms with van der Waals surface area (Å²) < 4.78 is 1.21. The minimum absolute atomic E-state index is 0.622. The van der Waals surface area contributed by atoms with Gasteiger partial charge in [-0.15, -0.1) is 11.3 Å². The summed E-state index contributed by atoms with van der Waals surface area (Å²) in [6, 6.07) is 12.5. The van der Waals surface area contributed by atoms with Gasteiger partial charge in [0.25, 0.3) is 0 Å². The van der Waals surface area contributed by atoms with E-state index < -0.39 is 0 Å². The third-order valence-corrected chi connectivity index (χ3v) is 5.59. The van der Waals surface area contributed by atoms with Crippen LogP contribution < -0.4 is 0 Å². The third-order valence-electron chi connectivity index (χ3n) is 2.77. The lowest BCUT2D eigenvalue weighted by Crippen LogP contribution is -2.09. The van der Waals surface area contributed by atoms with E-state index in [9.17, 15) is 0 Å². The van der Waals surface area contributed by atoms with Crippen molar-refractivity contribution in [2.75, 3.05) is 5.33 Å². The number of alkyl halides is 1. The Kier molecular flexibility index (Phi) is 5.74. The highest BCUT2D eigenvalue weighted by Crippen LogP contribution is 2.26. The van der Waals surface area contributed by atoms with Gasteiger partial charge in [-0.2, -0.15) is 0 Å². The number of halogens is 3. The predicted octanol–water partition coefficient (Wildman–Crippen LogP) is 5.96. The number of hydrogen-bond acceptors (Lipinski definition) is 1. The largest absolute Gasteiger partial charge is 0.133 e. The van der Waals surface area contributed by atoms with Gasteiger partial charge < -0.3 is 0 Å². The Morgan fingerprint density at radius 3 is 2.33 bits per heavy atom. The molecule has 0 radical (unpaired) electrons. The molecule has 0 aliphatic heterocycles. The number of benzene rings is 1. The SMILES string of the molecule is Clc1ccc(CC(CBr)Cc2ccc(Br)s2)cc1. The second-order valence-electron chi connectivity index (χ2n) is 4.26. The van der Waals surface area contributed by atoms with E-state index >= 15 is 0 Å². The molecule has 0 aliphatic carbocycles. The number of hydrogen-bond donors (Lipinski definition) is 0. The summed E-state index contributed by atoms with van der Waals surface area (Å²) in [7, 11) is 0. The van der Waals surface area contributed by atoms with Crippen LogP contribution in [-0.4, -0.2) is 5.33 Å². The highest BCUT2D eigenvalue weighted by atomic mass is 79.9. The van der Waals surface area contributed by atoms with Crippen molar-refractivity contribution in [3.05, 3.63) is 55.6 Å². The van der Waals surface area contributed by atoms with Gasteiger partial charge in [0, 0.05) is 15.2 Å². The molecular formula is C14H13Br2ClS. The molecule has 18 heavy (non-hydrogen) atoms. The molecule has 0 bridgehead atoms. The Labute approximate surface area is 134 Å². The van der Waals surface area contributed by atoms with Crippen molar-refractivity contribution in [2.24, 2.45) is 5.92 Å². The fourth-order valence-corrected chi connectivity index (χ4v) is 4.06. The molecule has 0 saturated carbocycles. The van der Waals surface area contributed by atoms with Gasteiger partial charge in [-0.25, -0.2) is 0 Å². The molecule has 4 heteroatoms. The van der Waals surface area contributed by atoms with Crippen LogP contribution in [0, 0.1) is 5.92 Å². The van der Waals surface area contributed by atoms with Crippen molar-refractivity contribution in [3.8, 4) is 0 Å². The number of rotatable bonds is 5. The fraction of sp³-hybridized carbons (Fsp3) is 0.286. The minimum Gasteiger partial charge on any atom is -0.133 e. The monoisotopic (exact) mass is 406 g/mol. The topological polar surface area (TPSA) is 0 Å². The van der Waals surface area contributed by atoms with Crippen molar-refractivity contribution >= 4 is 54.8 Å². The molecule has 0 nitrogen and oxygen atoms in total. The van der Waals surface area contributed by atoms with E-state index in [1.54, 1.807) is 0 Å². The first-order valence-electron chi connectivity index (χ1n) is 5.72. The summed E-state index contributed by atoms with van der Waals surface area (Å²) >= 11 is 14.9. The molecule has 1 aromatic heterocycles. The Morgan fingerprint density at radius 2 is 1.78 bits per heavy atom. The van der Waals surface area contributed by atoms with Gasteiger partial charge in [0.15, 0.2) is 0 Å². The van der Waals surface area contributed by atoms with Crippen molar-refractivity contribution in [3.63, 3.8) is 0 Å². The molecular weight excluding hydrogens is 395 g/mol. The van der Waals surface area contributed by atoms with Crippen LogP contribution in [0.3, 0.4) is 0 Å². The van der Waals surface area contributed by atoms with E-state index in [0.717, 1.165) is 23.2 Å². The van der Waals surface area contributed by atoms with Crippen LogP contribution in [0.1, 0.15) is 10.4 Å². The maximum Gasteiger partial charge on any atom is 0.0701 e. The summed E-state index contributed by atoms with van der Waals surface area (Å²) in [6.07, 6.45) is 2.20. The standard InChI is InChI=1S/C14H13Br2ClS/c15-9-11(8-13-5-6-14(16)18-13)7-10-1-3-12(17)4-2-10/h1-6,11H,7-9H2. The third kappa shape index (κ3) is 4.37. The lowest BCUT2D eigenvalue weighted by Gasteiger charge is -2.13. The van der Waals surface area contributed by atoms with Crippen LogP contribution in [0.5, 0.6) is 0 Å². The molecule has 1 unspecified atom stereocenters.